The molecule has 0 unspecified atom stereocenters. The van der Waals surface area contributed by atoms with E-state index in [0.29, 0.717) is 0 Å². The van der Waals surface area contributed by atoms with Crippen molar-refractivity contribution in [3.8, 4) is 0 Å². The van der Waals surface area contributed by atoms with E-state index in [4.69, 9.17) is 0 Å². The maximum absolute atomic E-state index is 3.06. The van der Waals surface area contributed by atoms with Gasteiger partial charge in [-0.05, 0) is 12.9 Å². The van der Waals surface area contributed by atoms with E-state index in [1.807, 2.05) is 0 Å². The first-order chi connectivity index (χ1) is 2.00. The molecule has 0 amide bonds. The van der Waals surface area contributed by atoms with Crippen LogP contribution in [0.25, 0.3) is 0 Å². The fourth-order valence-corrected chi connectivity index (χ4v) is 0.144. The predicted octanol–water partition coefficient (Wildman–Crippen LogP) is -0.791. The molecule has 1 N–H and O–H groups in total. The molecule has 21 valence electrons. The second-order valence-corrected chi connectivity index (χ2v) is 0.947. The molecule has 1 nitrogen and oxygen atoms in total. The highest BCUT2D eigenvalue weighted by molar-refractivity contribution is 6.39. The van der Waals surface area contributed by atoms with Crippen LogP contribution in [0.1, 0.15) is 0 Å². The van der Waals surface area contributed by atoms with Gasteiger partial charge >= 0.3 is 0 Å². The van der Waals surface area contributed by atoms with Gasteiger partial charge in [-0.3, -0.25) is 0 Å². The van der Waals surface area contributed by atoms with Crippen LogP contribution in [0, 0.1) is 0 Å². The molecule has 0 aromatic heterocycles. The highest BCUT2D eigenvalue weighted by atomic mass is 14.9. The average Bonchev–Trinajstić information content (AvgIpc) is 0.722. The molecule has 2 heteroatoms. The van der Waals surface area contributed by atoms with E-state index in [-0.39, 0.29) is 0 Å². The van der Waals surface area contributed by atoms with Crippen molar-refractivity contribution in [3.05, 3.63) is 0 Å². The lowest BCUT2D eigenvalue weighted by Crippen LogP contribution is -2.39. The van der Waals surface area contributed by atoms with Crippen LogP contribution < -0.4 is 5.32 Å². The van der Waals surface area contributed by atoms with E-state index < -0.39 is 0 Å². The summed E-state index contributed by atoms with van der Waals surface area (Å²) in [6.45, 7) is 0. The molecule has 1 rings (SSSR count). The first-order valence-corrected chi connectivity index (χ1v) is 1.52. The summed E-state index contributed by atoms with van der Waals surface area (Å²) in [4.78, 5) is 0. The van der Waals surface area contributed by atoms with Gasteiger partial charge in [-0.2, -0.15) is 0 Å². The summed E-state index contributed by atoms with van der Waals surface area (Å²) in [5.41, 5.74) is 0. The van der Waals surface area contributed by atoms with Crippen LogP contribution in [0.5, 0.6) is 0 Å². The highest BCUT2D eigenvalue weighted by Crippen LogP contribution is 1.64. The Bertz CT molecular complexity index is 14.0. The quantitative estimate of drug-likeness (QED) is 0.357. The third-order valence-corrected chi connectivity index (χ3v) is 0.577. The summed E-state index contributed by atoms with van der Waals surface area (Å²) >= 11 is 0. The Kier molecular flexibility index (Phi) is 0.435. The lowest BCUT2D eigenvalue weighted by molar-refractivity contribution is 0.843. The van der Waals surface area contributed by atoms with Crippen molar-refractivity contribution in [2.75, 3.05) is 12.9 Å². The van der Waals surface area contributed by atoms with Crippen molar-refractivity contribution in [1.29, 1.82) is 0 Å². The van der Waals surface area contributed by atoms with Gasteiger partial charge in [0.25, 0.3) is 0 Å². The molecule has 1 saturated heterocycles. The van der Waals surface area contributed by atoms with Crippen LogP contribution in [0.15, 0.2) is 0 Å². The van der Waals surface area contributed by atoms with Gasteiger partial charge in [0.2, 0.25) is 0 Å². The molecule has 0 saturated carbocycles. The van der Waals surface area contributed by atoms with E-state index in [2.05, 4.69) is 12.6 Å². The smallest absolute Gasteiger partial charge is 0.146 e. The molecule has 1 aliphatic heterocycles. The van der Waals surface area contributed by atoms with Crippen molar-refractivity contribution < 1.29 is 0 Å². The van der Waals surface area contributed by atoms with E-state index >= 15 is 0 Å². The number of rotatable bonds is 0. The minimum Gasteiger partial charge on any atom is -0.333 e. The molecule has 0 aliphatic carbocycles. The molecule has 1 radical (unpaired) electrons. The zero-order valence-corrected chi connectivity index (χ0v) is 2.49. The van der Waals surface area contributed by atoms with Gasteiger partial charge < -0.3 is 5.32 Å². The largest absolute Gasteiger partial charge is 0.333 e. The normalized spacial score (nSPS) is 22.0. The summed E-state index contributed by atoms with van der Waals surface area (Å²) in [7, 11) is 2.19. The predicted molar refractivity (Wildman–Crippen MR) is 18.6 cm³/mol. The van der Waals surface area contributed by atoms with E-state index in [1.54, 1.807) is 0 Å². The number of hydrogen-bond acceptors (Lipinski definition) is 1. The summed E-state index contributed by atoms with van der Waals surface area (Å²) in [6, 6.07) is 0. The van der Waals surface area contributed by atoms with Crippen LogP contribution in [0.2, 0.25) is 0 Å². The zero-order valence-electron chi connectivity index (χ0n) is 2.49. The van der Waals surface area contributed by atoms with Crippen LogP contribution in [-0.2, 0) is 0 Å². The van der Waals surface area contributed by atoms with Crippen LogP contribution >= 0.6 is 0 Å². The topological polar surface area (TPSA) is 12.0 Å². The standard InChI is InChI=1S/C2H5BN/c1-3-2-4-1/h4H,1-2H2. The van der Waals surface area contributed by atoms with Gasteiger partial charge in [0.1, 0.15) is 7.28 Å². The SMILES string of the molecule is [B]1CNC1. The van der Waals surface area contributed by atoms with E-state index in [9.17, 15) is 0 Å². The molecule has 0 aromatic rings. The molecule has 1 aliphatic rings. The third-order valence-electron chi connectivity index (χ3n) is 0.577. The third kappa shape index (κ3) is 0.131. The summed E-state index contributed by atoms with van der Waals surface area (Å²) in [5.74, 6) is 0. The Morgan fingerprint density at radius 3 is 1.75 bits per heavy atom. The molecule has 0 spiro atoms. The van der Waals surface area contributed by atoms with E-state index in [1.165, 1.54) is 0 Å². The Labute approximate surface area is 26.6 Å². The van der Waals surface area contributed by atoms with Crippen LogP contribution in [-0.4, -0.2) is 20.2 Å². The van der Waals surface area contributed by atoms with Gasteiger partial charge in [-0.15, -0.1) is 0 Å². The van der Waals surface area contributed by atoms with E-state index in [0.717, 1.165) is 12.9 Å². The van der Waals surface area contributed by atoms with Crippen molar-refractivity contribution >= 4 is 7.28 Å². The molecule has 1 heterocycles. The molecule has 0 aromatic carbocycles. The first kappa shape index (κ1) is 2.27. The molecular weight excluding hydrogens is 48.8 g/mol. The van der Waals surface area contributed by atoms with Crippen LogP contribution in [0.3, 0.4) is 0 Å². The van der Waals surface area contributed by atoms with Gasteiger partial charge in [-0.25, -0.2) is 0 Å². The minimum absolute atomic E-state index is 1.12. The fourth-order valence-electron chi connectivity index (χ4n) is 0.144. The Morgan fingerprint density at radius 2 is 1.75 bits per heavy atom. The lowest BCUT2D eigenvalue weighted by atomic mass is 9.72. The van der Waals surface area contributed by atoms with Crippen molar-refractivity contribution in [3.63, 3.8) is 0 Å². The molecular formula is C2H5BN. The monoisotopic (exact) mass is 54.1 g/mol. The molecule has 0 atom stereocenters. The van der Waals surface area contributed by atoms with Gasteiger partial charge in [-0.1, -0.05) is 0 Å². The minimum atomic E-state index is 1.12. The fraction of sp³-hybridized carbons (Fsp3) is 1.00. The number of hydrogen-bond donors (Lipinski definition) is 1. The Morgan fingerprint density at radius 1 is 1.50 bits per heavy atom. The molecule has 0 bridgehead atoms. The van der Waals surface area contributed by atoms with Crippen molar-refractivity contribution in [1.82, 2.24) is 5.32 Å². The second-order valence-electron chi connectivity index (χ2n) is 0.947. The zero-order chi connectivity index (χ0) is 2.83. The summed E-state index contributed by atoms with van der Waals surface area (Å²) in [6.07, 6.45) is 2.25. The van der Waals surface area contributed by atoms with Crippen LogP contribution in [0.4, 0.5) is 0 Å². The first-order valence-electron chi connectivity index (χ1n) is 1.52. The lowest BCUT2D eigenvalue weighted by Gasteiger charge is -2.08. The van der Waals surface area contributed by atoms with Crippen molar-refractivity contribution in [2.24, 2.45) is 0 Å². The maximum Gasteiger partial charge on any atom is 0.146 e. The average molecular weight is 53.9 g/mol. The molecule has 1 fully saturated rings. The summed E-state index contributed by atoms with van der Waals surface area (Å²) in [5, 5.41) is 3.06. The second kappa shape index (κ2) is 0.766. The summed E-state index contributed by atoms with van der Waals surface area (Å²) < 4.78 is 0. The maximum atomic E-state index is 3.06. The van der Waals surface area contributed by atoms with Crippen molar-refractivity contribution in [2.45, 2.75) is 0 Å². The van der Waals surface area contributed by atoms with Gasteiger partial charge in [0.05, 0.1) is 0 Å². The van der Waals surface area contributed by atoms with Gasteiger partial charge in [0, 0.05) is 0 Å². The Hall–Kier alpha value is 0.0249. The number of nitrogens with one attached hydrogen (secondary N) is 1. The molecule has 4 heavy (non-hydrogen) atoms. The highest BCUT2D eigenvalue weighted by Gasteiger charge is 1.95. The Balaban J connectivity index is 2.00. The van der Waals surface area contributed by atoms with Gasteiger partial charge in [0.15, 0.2) is 0 Å².